The summed E-state index contributed by atoms with van der Waals surface area (Å²) in [7, 11) is -3.63. The minimum Gasteiger partial charge on any atom is -0.352 e. The third kappa shape index (κ3) is 4.08. The fourth-order valence-electron chi connectivity index (χ4n) is 4.03. The first-order valence-corrected chi connectivity index (χ1v) is 12.8. The van der Waals surface area contributed by atoms with E-state index in [2.05, 4.69) is 15.6 Å². The van der Waals surface area contributed by atoms with Crippen LogP contribution in [0.1, 0.15) is 33.1 Å². The van der Waals surface area contributed by atoms with Gasteiger partial charge in [-0.3, -0.25) is 15.1 Å². The Morgan fingerprint density at radius 2 is 2.07 bits per heavy atom. The van der Waals surface area contributed by atoms with Crippen molar-refractivity contribution in [1.82, 2.24) is 19.9 Å². The molecule has 162 valence electrons. The Hall–Kier alpha value is -1.68. The number of aromatic nitrogens is 1. The number of fused-ring (bicyclic) bond motifs is 1. The zero-order valence-electron chi connectivity index (χ0n) is 17.3. The molecule has 2 aliphatic heterocycles. The highest BCUT2D eigenvalue weighted by molar-refractivity contribution is 8.01. The Bertz CT molecular complexity index is 1030. The van der Waals surface area contributed by atoms with Crippen LogP contribution in [0.15, 0.2) is 41.4 Å². The van der Waals surface area contributed by atoms with Crippen molar-refractivity contribution in [1.29, 1.82) is 0 Å². The molecule has 1 spiro atoms. The lowest BCUT2D eigenvalue weighted by Gasteiger charge is -2.38. The predicted molar refractivity (Wildman–Crippen MR) is 120 cm³/mol. The largest absolute Gasteiger partial charge is 0.352 e. The molecule has 1 amide bonds. The first-order chi connectivity index (χ1) is 14.3. The van der Waals surface area contributed by atoms with Crippen LogP contribution in [-0.4, -0.2) is 59.4 Å². The maximum atomic E-state index is 13.3. The van der Waals surface area contributed by atoms with Crippen molar-refractivity contribution in [3.63, 3.8) is 0 Å². The lowest BCUT2D eigenvalue weighted by atomic mass is 10.0. The fourth-order valence-corrected chi connectivity index (χ4v) is 7.05. The van der Waals surface area contributed by atoms with Crippen LogP contribution in [0.2, 0.25) is 0 Å². The van der Waals surface area contributed by atoms with Gasteiger partial charge in [0.1, 0.15) is 4.90 Å². The van der Waals surface area contributed by atoms with Crippen LogP contribution in [0.25, 0.3) is 10.9 Å². The van der Waals surface area contributed by atoms with E-state index in [-0.39, 0.29) is 27.8 Å². The SMILES string of the molecule is CCC(C)NC(=O)C1CSC2(CCN(S(=O)(=O)c3cccc4cccnc34)CC2)N1. The average Bonchev–Trinajstić information content (AvgIpc) is 3.17. The number of carbonyl (C=O) groups excluding carboxylic acids is 1. The van der Waals surface area contributed by atoms with Crippen molar-refractivity contribution in [2.75, 3.05) is 18.8 Å². The summed E-state index contributed by atoms with van der Waals surface area (Å²) in [6.45, 7) is 4.89. The number of piperidine rings is 1. The van der Waals surface area contributed by atoms with Crippen molar-refractivity contribution in [2.24, 2.45) is 0 Å². The minimum absolute atomic E-state index is 0.0330. The lowest BCUT2D eigenvalue weighted by Crippen LogP contribution is -2.55. The van der Waals surface area contributed by atoms with Crippen LogP contribution in [0, 0.1) is 0 Å². The van der Waals surface area contributed by atoms with Crippen molar-refractivity contribution in [2.45, 2.75) is 55.0 Å². The van der Waals surface area contributed by atoms with Gasteiger partial charge in [-0.15, -0.1) is 11.8 Å². The maximum Gasteiger partial charge on any atom is 0.245 e. The van der Waals surface area contributed by atoms with Crippen LogP contribution in [-0.2, 0) is 14.8 Å². The molecule has 2 unspecified atom stereocenters. The minimum atomic E-state index is -3.63. The van der Waals surface area contributed by atoms with Crippen molar-refractivity contribution >= 4 is 38.6 Å². The molecule has 30 heavy (non-hydrogen) atoms. The molecule has 2 aromatic rings. The highest BCUT2D eigenvalue weighted by Gasteiger charge is 2.45. The molecule has 2 saturated heterocycles. The second-order valence-corrected chi connectivity index (χ2v) is 11.4. The van der Waals surface area contributed by atoms with Crippen molar-refractivity contribution < 1.29 is 13.2 Å². The molecule has 0 saturated carbocycles. The van der Waals surface area contributed by atoms with E-state index >= 15 is 0 Å². The van der Waals surface area contributed by atoms with Crippen LogP contribution in [0.3, 0.4) is 0 Å². The summed E-state index contributed by atoms with van der Waals surface area (Å²) < 4.78 is 28.2. The van der Waals surface area contributed by atoms with Crippen LogP contribution < -0.4 is 10.6 Å². The van der Waals surface area contributed by atoms with Gasteiger partial charge in [0.25, 0.3) is 0 Å². The number of carbonyl (C=O) groups is 1. The third-order valence-corrected chi connectivity index (χ3v) is 9.53. The van der Waals surface area contributed by atoms with E-state index in [1.165, 1.54) is 0 Å². The van der Waals surface area contributed by atoms with Gasteiger partial charge in [0.05, 0.1) is 16.4 Å². The van der Waals surface area contributed by atoms with E-state index in [1.807, 2.05) is 26.0 Å². The Morgan fingerprint density at radius 1 is 1.33 bits per heavy atom. The topological polar surface area (TPSA) is 91.4 Å². The number of nitrogens with zero attached hydrogens (tertiary/aromatic N) is 2. The highest BCUT2D eigenvalue weighted by atomic mass is 32.2. The number of para-hydroxylation sites is 1. The summed E-state index contributed by atoms with van der Waals surface area (Å²) in [5, 5.41) is 7.35. The van der Waals surface area contributed by atoms with Gasteiger partial charge in [-0.2, -0.15) is 4.31 Å². The smallest absolute Gasteiger partial charge is 0.245 e. The normalized spacial score (nSPS) is 22.9. The van der Waals surface area contributed by atoms with E-state index in [1.54, 1.807) is 40.5 Å². The highest BCUT2D eigenvalue weighted by Crippen LogP contribution is 2.40. The fraction of sp³-hybridized carbons (Fsp3) is 0.524. The molecule has 2 atom stereocenters. The van der Waals surface area contributed by atoms with E-state index in [0.29, 0.717) is 37.2 Å². The first kappa shape index (κ1) is 21.5. The summed E-state index contributed by atoms with van der Waals surface area (Å²) in [5.74, 6) is 0.744. The van der Waals surface area contributed by atoms with Gasteiger partial charge in [0.2, 0.25) is 15.9 Å². The number of benzene rings is 1. The number of nitrogens with one attached hydrogen (secondary N) is 2. The molecule has 7 nitrogen and oxygen atoms in total. The average molecular weight is 449 g/mol. The molecule has 0 bridgehead atoms. The van der Waals surface area contributed by atoms with Gasteiger partial charge in [-0.1, -0.05) is 25.1 Å². The molecule has 2 aliphatic rings. The molecule has 1 aromatic heterocycles. The van der Waals surface area contributed by atoms with Crippen LogP contribution in [0.5, 0.6) is 0 Å². The van der Waals surface area contributed by atoms with Gasteiger partial charge < -0.3 is 5.32 Å². The number of hydrogen-bond donors (Lipinski definition) is 2. The molecule has 9 heteroatoms. The molecule has 0 radical (unpaired) electrons. The van der Waals surface area contributed by atoms with Crippen LogP contribution >= 0.6 is 11.8 Å². The second kappa shape index (κ2) is 8.45. The molecule has 0 aliphatic carbocycles. The number of sulfonamides is 1. The molecule has 3 heterocycles. The summed E-state index contributed by atoms with van der Waals surface area (Å²) in [6, 6.07) is 8.87. The number of rotatable bonds is 5. The van der Waals surface area contributed by atoms with E-state index in [9.17, 15) is 13.2 Å². The Kier molecular flexibility index (Phi) is 6.07. The van der Waals surface area contributed by atoms with Gasteiger partial charge >= 0.3 is 0 Å². The Labute approximate surface area is 182 Å². The third-order valence-electron chi connectivity index (χ3n) is 6.02. The van der Waals surface area contributed by atoms with Gasteiger partial charge in [0, 0.05) is 36.5 Å². The molecular weight excluding hydrogens is 420 g/mol. The summed E-state index contributed by atoms with van der Waals surface area (Å²) in [4.78, 5) is 16.8. The maximum absolute atomic E-state index is 13.3. The van der Waals surface area contributed by atoms with E-state index in [4.69, 9.17) is 0 Å². The number of pyridine rings is 1. The lowest BCUT2D eigenvalue weighted by molar-refractivity contribution is -0.123. The summed E-state index contributed by atoms with van der Waals surface area (Å²) in [6.07, 6.45) is 3.85. The van der Waals surface area contributed by atoms with Crippen molar-refractivity contribution in [3.8, 4) is 0 Å². The standard InChI is InChI=1S/C21H28N4O3S2/c1-3-15(2)23-20(26)17-14-29-21(24-17)9-12-25(13-10-21)30(27,28)18-8-4-6-16-7-5-11-22-19(16)18/h4-8,11,15,17,24H,3,9-10,12-14H2,1-2H3,(H,23,26). The predicted octanol–water partition coefficient (Wildman–Crippen LogP) is 2.34. The molecule has 4 rings (SSSR count). The monoisotopic (exact) mass is 448 g/mol. The number of thioether (sulfide) groups is 1. The van der Waals surface area contributed by atoms with E-state index < -0.39 is 10.0 Å². The Morgan fingerprint density at radius 3 is 2.80 bits per heavy atom. The molecule has 1 aromatic carbocycles. The number of amides is 1. The Balaban J connectivity index is 1.45. The number of hydrogen-bond acceptors (Lipinski definition) is 6. The van der Waals surface area contributed by atoms with Crippen LogP contribution in [0.4, 0.5) is 0 Å². The van der Waals surface area contributed by atoms with Gasteiger partial charge in [-0.05, 0) is 38.3 Å². The molecule has 2 N–H and O–H groups in total. The summed E-state index contributed by atoms with van der Waals surface area (Å²) >= 11 is 1.74. The van der Waals surface area contributed by atoms with E-state index in [0.717, 1.165) is 11.8 Å². The van der Waals surface area contributed by atoms with Crippen molar-refractivity contribution in [3.05, 3.63) is 36.5 Å². The molecule has 2 fully saturated rings. The zero-order valence-corrected chi connectivity index (χ0v) is 18.9. The molecular formula is C21H28N4O3S2. The quantitative estimate of drug-likeness (QED) is 0.730. The zero-order chi connectivity index (χ0) is 21.4. The summed E-state index contributed by atoms with van der Waals surface area (Å²) in [5.41, 5.74) is 0.510. The second-order valence-electron chi connectivity index (χ2n) is 8.06. The van der Waals surface area contributed by atoms with Gasteiger partial charge in [0.15, 0.2) is 0 Å². The first-order valence-electron chi connectivity index (χ1n) is 10.4. The van der Waals surface area contributed by atoms with Gasteiger partial charge in [-0.25, -0.2) is 8.42 Å².